The Bertz CT molecular complexity index is 202. The van der Waals surface area contributed by atoms with Crippen molar-refractivity contribution >= 4 is 5.69 Å². The third kappa shape index (κ3) is 0.988. The number of aromatic nitrogens is 1. The van der Waals surface area contributed by atoms with Gasteiger partial charge in [0.25, 0.3) is 0 Å². The van der Waals surface area contributed by atoms with Crippen LogP contribution in [0.1, 0.15) is 5.69 Å². The summed E-state index contributed by atoms with van der Waals surface area (Å²) in [6.07, 6.45) is 1.48. The van der Waals surface area contributed by atoms with E-state index < -0.39 is 5.82 Å². The number of nitrogens with two attached hydrogens (primary N) is 1. The molecular formula is C6H7FN2. The molecule has 0 fully saturated rings. The molecule has 1 rings (SSSR count). The van der Waals surface area contributed by atoms with Crippen LogP contribution in [0.15, 0.2) is 12.3 Å². The Morgan fingerprint density at radius 1 is 1.67 bits per heavy atom. The Balaban J connectivity index is 3.25. The first kappa shape index (κ1) is 6.01. The SMILES string of the molecule is Cc1nccc(N)c1[18F]. The molecule has 0 aliphatic carbocycles. The van der Waals surface area contributed by atoms with Crippen LogP contribution in [0.2, 0.25) is 0 Å². The van der Waals surface area contributed by atoms with Crippen LogP contribution in [0.25, 0.3) is 0 Å². The van der Waals surface area contributed by atoms with Crippen LogP contribution in [0.4, 0.5) is 10.1 Å². The van der Waals surface area contributed by atoms with E-state index in [1.165, 1.54) is 12.3 Å². The highest BCUT2D eigenvalue weighted by Crippen LogP contribution is 2.09. The molecule has 0 aliphatic rings. The molecule has 0 atom stereocenters. The van der Waals surface area contributed by atoms with Crippen molar-refractivity contribution in [2.24, 2.45) is 0 Å². The minimum atomic E-state index is -0.419. The summed E-state index contributed by atoms with van der Waals surface area (Å²) >= 11 is 0. The zero-order chi connectivity index (χ0) is 6.85. The van der Waals surface area contributed by atoms with Gasteiger partial charge in [0, 0.05) is 6.20 Å². The summed E-state index contributed by atoms with van der Waals surface area (Å²) in [5.74, 6) is -0.419. The Hall–Kier alpha value is -1.12. The summed E-state index contributed by atoms with van der Waals surface area (Å²) in [6, 6.07) is 1.43. The number of rotatable bonds is 0. The van der Waals surface area contributed by atoms with Gasteiger partial charge in [-0.3, -0.25) is 4.98 Å². The first-order valence-corrected chi connectivity index (χ1v) is 2.58. The molecule has 0 amide bonds. The minimum Gasteiger partial charge on any atom is -0.396 e. The summed E-state index contributed by atoms with van der Waals surface area (Å²) in [5.41, 5.74) is 5.70. The Morgan fingerprint density at radius 2 is 2.33 bits per heavy atom. The van der Waals surface area contributed by atoms with E-state index >= 15 is 0 Å². The molecule has 0 aromatic carbocycles. The number of anilines is 1. The van der Waals surface area contributed by atoms with Gasteiger partial charge in [0.1, 0.15) is 0 Å². The highest BCUT2D eigenvalue weighted by Gasteiger charge is 1.99. The van der Waals surface area contributed by atoms with Crippen LogP contribution in [0, 0.1) is 12.7 Å². The monoisotopic (exact) mass is 125 g/mol. The molecule has 0 aliphatic heterocycles. The summed E-state index contributed by atoms with van der Waals surface area (Å²) in [4.78, 5) is 3.68. The normalized spacial score (nSPS) is 9.56. The van der Waals surface area contributed by atoms with E-state index in [9.17, 15) is 4.39 Å². The molecule has 3 heteroatoms. The number of pyridine rings is 1. The third-order valence-corrected chi connectivity index (χ3v) is 1.09. The highest BCUT2D eigenvalue weighted by atomic mass is 18.2. The number of nitrogen functional groups attached to an aromatic ring is 1. The highest BCUT2D eigenvalue weighted by molar-refractivity contribution is 5.38. The topological polar surface area (TPSA) is 38.9 Å². The Labute approximate surface area is 52.5 Å². The largest absolute Gasteiger partial charge is 0.396 e. The van der Waals surface area contributed by atoms with E-state index in [0.717, 1.165) is 0 Å². The van der Waals surface area contributed by atoms with Crippen molar-refractivity contribution in [2.75, 3.05) is 5.73 Å². The smallest absolute Gasteiger partial charge is 0.167 e. The quantitative estimate of drug-likeness (QED) is 0.564. The van der Waals surface area contributed by atoms with Crippen LogP contribution in [-0.4, -0.2) is 4.98 Å². The second kappa shape index (κ2) is 2.01. The fraction of sp³-hybridized carbons (Fsp3) is 0.167. The second-order valence-corrected chi connectivity index (χ2v) is 1.80. The molecule has 0 radical (unpaired) electrons. The summed E-state index contributed by atoms with van der Waals surface area (Å²) in [6.45, 7) is 1.58. The van der Waals surface area contributed by atoms with Gasteiger partial charge >= 0.3 is 0 Å². The van der Waals surface area contributed by atoms with Crippen LogP contribution in [-0.2, 0) is 0 Å². The lowest BCUT2D eigenvalue weighted by molar-refractivity contribution is 0.614. The lowest BCUT2D eigenvalue weighted by Crippen LogP contribution is -1.94. The molecule has 48 valence electrons. The average Bonchev–Trinajstić information content (AvgIpc) is 1.83. The van der Waals surface area contributed by atoms with E-state index in [1.54, 1.807) is 6.92 Å². The van der Waals surface area contributed by atoms with Gasteiger partial charge in [-0.1, -0.05) is 0 Å². The minimum absolute atomic E-state index is 0.155. The number of hydrogen-bond acceptors (Lipinski definition) is 2. The molecule has 1 aromatic heterocycles. The molecule has 0 spiro atoms. The van der Waals surface area contributed by atoms with Gasteiger partial charge in [0.05, 0.1) is 11.4 Å². The maximum absolute atomic E-state index is 12.5. The van der Waals surface area contributed by atoms with Crippen molar-refractivity contribution in [3.8, 4) is 0 Å². The molecule has 1 heterocycles. The average molecular weight is 125 g/mol. The van der Waals surface area contributed by atoms with Crippen molar-refractivity contribution in [1.82, 2.24) is 4.98 Å². The van der Waals surface area contributed by atoms with Gasteiger partial charge in [-0.05, 0) is 13.0 Å². The van der Waals surface area contributed by atoms with Gasteiger partial charge in [-0.25, -0.2) is 4.39 Å². The summed E-state index contributed by atoms with van der Waals surface area (Å²) < 4.78 is 12.5. The van der Waals surface area contributed by atoms with E-state index in [0.29, 0.717) is 5.69 Å². The Morgan fingerprint density at radius 3 is 2.78 bits per heavy atom. The predicted molar refractivity (Wildman–Crippen MR) is 33.3 cm³/mol. The van der Waals surface area contributed by atoms with Crippen molar-refractivity contribution in [3.63, 3.8) is 0 Å². The molecule has 2 nitrogen and oxygen atoms in total. The number of nitrogens with zero attached hydrogens (tertiary/aromatic N) is 1. The maximum Gasteiger partial charge on any atom is 0.167 e. The first-order valence-electron chi connectivity index (χ1n) is 2.58. The van der Waals surface area contributed by atoms with Crippen molar-refractivity contribution < 1.29 is 4.39 Å². The molecule has 0 saturated heterocycles. The van der Waals surface area contributed by atoms with Gasteiger partial charge < -0.3 is 5.73 Å². The van der Waals surface area contributed by atoms with Gasteiger partial charge in [0.15, 0.2) is 5.82 Å². The van der Waals surface area contributed by atoms with E-state index in [-0.39, 0.29) is 5.69 Å². The van der Waals surface area contributed by atoms with E-state index in [4.69, 9.17) is 5.73 Å². The molecular weight excluding hydrogens is 118 g/mol. The zero-order valence-corrected chi connectivity index (χ0v) is 5.06. The molecule has 1 aromatic rings. The van der Waals surface area contributed by atoms with Crippen LogP contribution < -0.4 is 5.73 Å². The Kier molecular flexibility index (Phi) is 1.34. The van der Waals surface area contributed by atoms with Gasteiger partial charge in [0.2, 0.25) is 0 Å². The van der Waals surface area contributed by atoms with Gasteiger partial charge in [-0.2, -0.15) is 0 Å². The second-order valence-electron chi connectivity index (χ2n) is 1.80. The number of aryl methyl sites for hydroxylation is 1. The van der Waals surface area contributed by atoms with Crippen LogP contribution >= 0.6 is 0 Å². The van der Waals surface area contributed by atoms with Crippen LogP contribution in [0.3, 0.4) is 0 Å². The fourth-order valence-corrected chi connectivity index (χ4v) is 0.568. The standard InChI is InChI=1S/C6H7FN2/c1-4-6(7)5(8)2-3-9-4/h2-3H,1H3,(H2,8,9)/i7-1. The van der Waals surface area contributed by atoms with Gasteiger partial charge in [-0.15, -0.1) is 0 Å². The molecule has 0 unspecified atom stereocenters. The molecule has 9 heavy (non-hydrogen) atoms. The number of halogens is 1. The van der Waals surface area contributed by atoms with E-state index in [1.807, 2.05) is 0 Å². The molecule has 0 bridgehead atoms. The fourth-order valence-electron chi connectivity index (χ4n) is 0.568. The predicted octanol–water partition coefficient (Wildman–Crippen LogP) is 1.11. The third-order valence-electron chi connectivity index (χ3n) is 1.09. The van der Waals surface area contributed by atoms with Crippen molar-refractivity contribution in [1.29, 1.82) is 0 Å². The lowest BCUT2D eigenvalue weighted by Gasteiger charge is -1.95. The number of hydrogen-bond donors (Lipinski definition) is 1. The molecule has 2 N–H and O–H groups in total. The maximum atomic E-state index is 12.5. The zero-order valence-electron chi connectivity index (χ0n) is 5.06. The van der Waals surface area contributed by atoms with Crippen molar-refractivity contribution in [2.45, 2.75) is 6.92 Å². The summed E-state index contributed by atoms with van der Waals surface area (Å²) in [7, 11) is 0. The van der Waals surface area contributed by atoms with E-state index in [2.05, 4.69) is 4.98 Å². The lowest BCUT2D eigenvalue weighted by atomic mass is 10.3. The molecule has 0 saturated carbocycles. The van der Waals surface area contributed by atoms with Crippen molar-refractivity contribution in [3.05, 3.63) is 23.8 Å². The first-order chi connectivity index (χ1) is 4.22. The van der Waals surface area contributed by atoms with Crippen LogP contribution in [0.5, 0.6) is 0 Å². The summed E-state index contributed by atoms with van der Waals surface area (Å²) in [5, 5.41) is 0.